The van der Waals surface area contributed by atoms with Crippen LogP contribution in [0.2, 0.25) is 0 Å². The SMILES string of the molecule is Cc1noc(C)c1CSc1ccccc1C(=O)NNC(=O)c1cccnc1. The summed E-state index contributed by atoms with van der Waals surface area (Å²) in [7, 11) is 0. The average Bonchev–Trinajstić information content (AvgIpc) is 3.02. The van der Waals surface area contributed by atoms with Crippen molar-refractivity contribution in [3.63, 3.8) is 0 Å². The Balaban J connectivity index is 1.66. The van der Waals surface area contributed by atoms with Crippen LogP contribution in [-0.2, 0) is 5.75 Å². The van der Waals surface area contributed by atoms with Gasteiger partial charge in [0.15, 0.2) is 0 Å². The van der Waals surface area contributed by atoms with E-state index in [-0.39, 0.29) is 0 Å². The third kappa shape index (κ3) is 4.53. The molecule has 27 heavy (non-hydrogen) atoms. The van der Waals surface area contributed by atoms with Crippen LogP contribution in [-0.4, -0.2) is 22.0 Å². The maximum Gasteiger partial charge on any atom is 0.271 e. The Kier molecular flexibility index (Phi) is 5.87. The molecule has 2 amide bonds. The smallest absolute Gasteiger partial charge is 0.271 e. The highest BCUT2D eigenvalue weighted by atomic mass is 32.2. The molecule has 0 fully saturated rings. The Morgan fingerprint density at radius 1 is 1.07 bits per heavy atom. The minimum absolute atomic E-state index is 0.360. The minimum Gasteiger partial charge on any atom is -0.361 e. The summed E-state index contributed by atoms with van der Waals surface area (Å²) in [6.07, 6.45) is 3.00. The fraction of sp³-hybridized carbons (Fsp3) is 0.158. The van der Waals surface area contributed by atoms with Crippen LogP contribution in [0.4, 0.5) is 0 Å². The normalized spacial score (nSPS) is 10.4. The van der Waals surface area contributed by atoms with Gasteiger partial charge in [0.25, 0.3) is 11.8 Å². The van der Waals surface area contributed by atoms with Gasteiger partial charge in [-0.2, -0.15) is 0 Å². The number of carbonyl (C=O) groups excluding carboxylic acids is 2. The molecule has 0 aliphatic carbocycles. The highest BCUT2D eigenvalue weighted by Crippen LogP contribution is 2.28. The van der Waals surface area contributed by atoms with Gasteiger partial charge >= 0.3 is 0 Å². The lowest BCUT2D eigenvalue weighted by atomic mass is 10.2. The standard InChI is InChI=1S/C19H18N4O3S/c1-12-16(13(2)26-23-12)11-27-17-8-4-3-7-15(17)19(25)22-21-18(24)14-6-5-9-20-10-14/h3-10H,11H2,1-2H3,(H,21,24)(H,22,25). The summed E-state index contributed by atoms with van der Waals surface area (Å²) < 4.78 is 5.17. The average molecular weight is 382 g/mol. The highest BCUT2D eigenvalue weighted by Gasteiger charge is 2.15. The first-order valence-electron chi connectivity index (χ1n) is 8.20. The summed E-state index contributed by atoms with van der Waals surface area (Å²) in [4.78, 5) is 29.2. The van der Waals surface area contributed by atoms with E-state index >= 15 is 0 Å². The summed E-state index contributed by atoms with van der Waals surface area (Å²) >= 11 is 1.51. The zero-order chi connectivity index (χ0) is 19.2. The second-order valence-corrected chi connectivity index (χ2v) is 6.75. The van der Waals surface area contributed by atoms with Crippen molar-refractivity contribution in [2.24, 2.45) is 0 Å². The molecule has 7 nitrogen and oxygen atoms in total. The number of hydrogen-bond acceptors (Lipinski definition) is 6. The van der Waals surface area contributed by atoms with Crippen molar-refractivity contribution in [1.82, 2.24) is 21.0 Å². The van der Waals surface area contributed by atoms with E-state index in [1.165, 1.54) is 18.0 Å². The molecule has 3 rings (SSSR count). The van der Waals surface area contributed by atoms with Crippen LogP contribution < -0.4 is 10.9 Å². The van der Waals surface area contributed by atoms with E-state index in [0.717, 1.165) is 21.9 Å². The van der Waals surface area contributed by atoms with Crippen LogP contribution in [0.1, 0.15) is 37.7 Å². The molecule has 0 atom stereocenters. The van der Waals surface area contributed by atoms with Crippen molar-refractivity contribution in [2.45, 2.75) is 24.5 Å². The van der Waals surface area contributed by atoms with Crippen molar-refractivity contribution in [1.29, 1.82) is 0 Å². The number of rotatable bonds is 5. The molecular weight excluding hydrogens is 364 g/mol. The summed E-state index contributed by atoms with van der Waals surface area (Å²) in [5, 5.41) is 3.94. The lowest BCUT2D eigenvalue weighted by Gasteiger charge is -2.11. The van der Waals surface area contributed by atoms with Crippen LogP contribution in [0, 0.1) is 13.8 Å². The lowest BCUT2D eigenvalue weighted by molar-refractivity contribution is 0.0845. The van der Waals surface area contributed by atoms with Crippen LogP contribution in [0.15, 0.2) is 58.2 Å². The van der Waals surface area contributed by atoms with Crippen molar-refractivity contribution in [3.8, 4) is 0 Å². The fourth-order valence-electron chi connectivity index (χ4n) is 2.39. The Hall–Kier alpha value is -3.13. The zero-order valence-electron chi connectivity index (χ0n) is 14.9. The van der Waals surface area contributed by atoms with Gasteiger partial charge in [-0.25, -0.2) is 0 Å². The van der Waals surface area contributed by atoms with E-state index in [0.29, 0.717) is 16.9 Å². The summed E-state index contributed by atoms with van der Waals surface area (Å²) in [6.45, 7) is 3.75. The predicted octanol–water partition coefficient (Wildman–Crippen LogP) is 3.05. The first kappa shape index (κ1) is 18.7. The van der Waals surface area contributed by atoms with Gasteiger partial charge in [-0.05, 0) is 38.1 Å². The minimum atomic E-state index is -0.433. The van der Waals surface area contributed by atoms with E-state index in [1.54, 1.807) is 30.5 Å². The first-order chi connectivity index (χ1) is 13.1. The van der Waals surface area contributed by atoms with Crippen LogP contribution >= 0.6 is 11.8 Å². The molecule has 0 spiro atoms. The Labute approximate surface area is 160 Å². The number of hydrogen-bond donors (Lipinski definition) is 2. The summed E-state index contributed by atoms with van der Waals surface area (Å²) in [6, 6.07) is 10.5. The molecule has 0 unspecified atom stereocenters. The summed E-state index contributed by atoms with van der Waals surface area (Å²) in [5.74, 6) is 0.574. The molecular formula is C19H18N4O3S. The maximum atomic E-state index is 12.5. The second kappa shape index (κ2) is 8.50. The van der Waals surface area contributed by atoms with E-state index in [4.69, 9.17) is 4.52 Å². The molecule has 0 aliphatic heterocycles. The topological polar surface area (TPSA) is 97.1 Å². The molecule has 0 radical (unpaired) electrons. The largest absolute Gasteiger partial charge is 0.361 e. The summed E-state index contributed by atoms with van der Waals surface area (Å²) in [5.41, 5.74) is 7.53. The van der Waals surface area contributed by atoms with Gasteiger partial charge in [-0.3, -0.25) is 25.4 Å². The van der Waals surface area contributed by atoms with Gasteiger partial charge < -0.3 is 4.52 Å². The monoisotopic (exact) mass is 382 g/mol. The van der Waals surface area contributed by atoms with Gasteiger partial charge in [0.2, 0.25) is 0 Å². The molecule has 8 heteroatoms. The molecule has 0 saturated heterocycles. The van der Waals surface area contributed by atoms with Crippen LogP contribution in [0.5, 0.6) is 0 Å². The number of amides is 2. The van der Waals surface area contributed by atoms with Gasteiger partial charge in [0, 0.05) is 28.6 Å². The molecule has 2 N–H and O–H groups in total. The van der Waals surface area contributed by atoms with Gasteiger partial charge in [0.1, 0.15) is 5.76 Å². The molecule has 138 valence electrons. The van der Waals surface area contributed by atoms with E-state index < -0.39 is 11.8 Å². The number of nitrogens with one attached hydrogen (secondary N) is 2. The van der Waals surface area contributed by atoms with Crippen molar-refractivity contribution in [2.75, 3.05) is 0 Å². The highest BCUT2D eigenvalue weighted by molar-refractivity contribution is 7.98. The molecule has 2 heterocycles. The number of benzene rings is 1. The number of aryl methyl sites for hydroxylation is 2. The Morgan fingerprint density at radius 2 is 1.85 bits per heavy atom. The molecule has 0 bridgehead atoms. The van der Waals surface area contributed by atoms with E-state index in [2.05, 4.69) is 21.0 Å². The van der Waals surface area contributed by atoms with Crippen molar-refractivity contribution in [3.05, 3.63) is 76.9 Å². The van der Waals surface area contributed by atoms with Crippen molar-refractivity contribution >= 4 is 23.6 Å². The molecule has 1 aromatic carbocycles. The predicted molar refractivity (Wildman–Crippen MR) is 101 cm³/mol. The lowest BCUT2D eigenvalue weighted by Crippen LogP contribution is -2.41. The number of carbonyl (C=O) groups is 2. The van der Waals surface area contributed by atoms with E-state index in [1.807, 2.05) is 26.0 Å². The molecule has 0 aliphatic rings. The zero-order valence-corrected chi connectivity index (χ0v) is 15.7. The number of pyridine rings is 1. The molecule has 3 aromatic rings. The number of hydrazine groups is 1. The van der Waals surface area contributed by atoms with E-state index in [9.17, 15) is 9.59 Å². The Bertz CT molecular complexity index is 937. The molecule has 2 aromatic heterocycles. The quantitative estimate of drug-likeness (QED) is 0.520. The van der Waals surface area contributed by atoms with Crippen LogP contribution in [0.3, 0.4) is 0 Å². The third-order valence-electron chi connectivity index (χ3n) is 3.90. The Morgan fingerprint density at radius 3 is 2.56 bits per heavy atom. The van der Waals surface area contributed by atoms with Gasteiger partial charge in [-0.1, -0.05) is 17.3 Å². The number of thioether (sulfide) groups is 1. The fourth-order valence-corrected chi connectivity index (χ4v) is 3.59. The third-order valence-corrected chi connectivity index (χ3v) is 5.00. The maximum absolute atomic E-state index is 12.5. The first-order valence-corrected chi connectivity index (χ1v) is 9.19. The second-order valence-electron chi connectivity index (χ2n) is 5.74. The number of aromatic nitrogens is 2. The van der Waals surface area contributed by atoms with Crippen LogP contribution in [0.25, 0.3) is 0 Å². The van der Waals surface area contributed by atoms with Gasteiger partial charge in [-0.15, -0.1) is 11.8 Å². The van der Waals surface area contributed by atoms with Gasteiger partial charge in [0.05, 0.1) is 16.8 Å². The number of nitrogens with zero attached hydrogens (tertiary/aromatic N) is 2. The molecule has 0 saturated carbocycles. The van der Waals surface area contributed by atoms with Crippen molar-refractivity contribution < 1.29 is 14.1 Å².